The molecule has 1 aromatic carbocycles. The molecule has 2 atom stereocenters. The third-order valence-corrected chi connectivity index (χ3v) is 6.12. The summed E-state index contributed by atoms with van der Waals surface area (Å²) < 4.78 is 0. The van der Waals surface area contributed by atoms with Crippen LogP contribution in [0.25, 0.3) is 0 Å². The third-order valence-electron chi connectivity index (χ3n) is 4.16. The van der Waals surface area contributed by atoms with Gasteiger partial charge in [0.1, 0.15) is 6.54 Å². The Kier molecular flexibility index (Phi) is 6.02. The Balaban J connectivity index is 1.65. The van der Waals surface area contributed by atoms with E-state index in [4.69, 9.17) is 0 Å². The lowest BCUT2D eigenvalue weighted by Crippen LogP contribution is -3.08. The summed E-state index contributed by atoms with van der Waals surface area (Å²) in [6, 6.07) is 16.3. The first kappa shape index (κ1) is 17.9. The van der Waals surface area contributed by atoms with Crippen LogP contribution in [-0.4, -0.2) is 19.5 Å². The molecule has 2 heterocycles. The van der Waals surface area contributed by atoms with Gasteiger partial charge in [-0.1, -0.05) is 36.4 Å². The third kappa shape index (κ3) is 4.78. The summed E-state index contributed by atoms with van der Waals surface area (Å²) in [6.45, 7) is 3.47. The molecule has 2 N–H and O–H groups in total. The molecule has 0 saturated carbocycles. The fraction of sp³-hybridized carbons (Fsp3) is 0.250. The highest BCUT2D eigenvalue weighted by Gasteiger charge is 2.20. The summed E-state index contributed by atoms with van der Waals surface area (Å²) in [6.07, 6.45) is 0. The van der Waals surface area contributed by atoms with Crippen molar-refractivity contribution >= 4 is 28.6 Å². The second-order valence-corrected chi connectivity index (χ2v) is 8.24. The van der Waals surface area contributed by atoms with Crippen molar-refractivity contribution in [3.63, 3.8) is 0 Å². The predicted octanol–water partition coefficient (Wildman–Crippen LogP) is 3.04. The maximum absolute atomic E-state index is 12.6. The van der Waals surface area contributed by atoms with E-state index in [2.05, 4.69) is 48.9 Å². The van der Waals surface area contributed by atoms with Gasteiger partial charge in [0.05, 0.1) is 18.0 Å². The molecule has 0 aliphatic carbocycles. The number of amides is 1. The number of rotatable bonds is 7. The lowest BCUT2D eigenvalue weighted by Gasteiger charge is -2.20. The van der Waals surface area contributed by atoms with Gasteiger partial charge < -0.3 is 10.2 Å². The van der Waals surface area contributed by atoms with E-state index in [0.717, 1.165) is 17.0 Å². The summed E-state index contributed by atoms with van der Waals surface area (Å²) in [5.74, 6) is 0.0777. The molecule has 0 aliphatic rings. The smallest absolute Gasteiger partial charge is 0.275 e. The maximum Gasteiger partial charge on any atom is 0.275 e. The molecule has 1 amide bonds. The Bertz CT molecular complexity index is 796. The van der Waals surface area contributed by atoms with E-state index in [1.165, 1.54) is 15.3 Å². The minimum absolute atomic E-state index is 0.0777. The molecule has 0 aliphatic heterocycles. The first-order valence-electron chi connectivity index (χ1n) is 8.35. The largest absolute Gasteiger partial charge is 0.339 e. The molecule has 2 aromatic heterocycles. The number of likely N-dealkylation sites (N-methyl/N-ethyl adjacent to an activating group) is 1. The molecule has 5 heteroatoms. The van der Waals surface area contributed by atoms with E-state index in [1.807, 2.05) is 29.6 Å². The number of nitrogens with one attached hydrogen (secondary N) is 2. The summed E-state index contributed by atoms with van der Waals surface area (Å²) in [5, 5.41) is 7.38. The number of thiophene rings is 2. The number of benzene rings is 1. The SMILES string of the molecule is Cc1ccsc1C[NH+](C)CC(=O)N[C@H](c1ccccc1)c1cccs1. The topological polar surface area (TPSA) is 33.5 Å². The average Bonchev–Trinajstić information content (AvgIpc) is 3.26. The lowest BCUT2D eigenvalue weighted by molar-refractivity contribution is -0.885. The zero-order valence-electron chi connectivity index (χ0n) is 14.5. The molecule has 1 unspecified atom stereocenters. The van der Waals surface area contributed by atoms with Crippen molar-refractivity contribution in [2.45, 2.75) is 19.5 Å². The molecule has 3 nitrogen and oxygen atoms in total. The summed E-state index contributed by atoms with van der Waals surface area (Å²) in [4.78, 5) is 16.3. The van der Waals surface area contributed by atoms with Crippen LogP contribution < -0.4 is 10.2 Å². The zero-order valence-corrected chi connectivity index (χ0v) is 16.1. The highest BCUT2D eigenvalue weighted by Crippen LogP contribution is 2.25. The molecule has 130 valence electrons. The number of carbonyl (C=O) groups is 1. The van der Waals surface area contributed by atoms with Gasteiger partial charge in [0.2, 0.25) is 0 Å². The van der Waals surface area contributed by atoms with E-state index >= 15 is 0 Å². The quantitative estimate of drug-likeness (QED) is 0.658. The van der Waals surface area contributed by atoms with Crippen molar-refractivity contribution in [1.29, 1.82) is 0 Å². The molecular weight excluding hydrogens is 348 g/mol. The lowest BCUT2D eigenvalue weighted by atomic mass is 10.1. The van der Waals surface area contributed by atoms with Gasteiger partial charge >= 0.3 is 0 Å². The first-order chi connectivity index (χ1) is 12.1. The Morgan fingerprint density at radius 3 is 2.52 bits per heavy atom. The molecule has 3 aromatic rings. The Morgan fingerprint density at radius 1 is 1.08 bits per heavy atom. The van der Waals surface area contributed by atoms with E-state index in [-0.39, 0.29) is 11.9 Å². The van der Waals surface area contributed by atoms with Crippen molar-refractivity contribution in [3.05, 3.63) is 80.2 Å². The number of carbonyl (C=O) groups excluding carboxylic acids is 1. The van der Waals surface area contributed by atoms with Crippen LogP contribution in [0.4, 0.5) is 0 Å². The first-order valence-corrected chi connectivity index (χ1v) is 10.1. The van der Waals surface area contributed by atoms with Gasteiger partial charge in [-0.05, 0) is 40.9 Å². The Hall–Kier alpha value is -1.95. The number of hydrogen-bond acceptors (Lipinski definition) is 3. The molecule has 0 fully saturated rings. The van der Waals surface area contributed by atoms with Gasteiger partial charge in [0.15, 0.2) is 6.54 Å². The van der Waals surface area contributed by atoms with Crippen LogP contribution in [0.3, 0.4) is 0 Å². The van der Waals surface area contributed by atoms with Gasteiger partial charge in [-0.15, -0.1) is 22.7 Å². The molecule has 0 spiro atoms. The molecule has 0 saturated heterocycles. The van der Waals surface area contributed by atoms with Crippen molar-refractivity contribution in [3.8, 4) is 0 Å². The van der Waals surface area contributed by atoms with Crippen LogP contribution in [0.5, 0.6) is 0 Å². The van der Waals surface area contributed by atoms with E-state index in [9.17, 15) is 4.79 Å². The molecule has 0 bridgehead atoms. The van der Waals surface area contributed by atoms with Crippen LogP contribution in [0.2, 0.25) is 0 Å². The van der Waals surface area contributed by atoms with Crippen molar-refractivity contribution in [2.75, 3.05) is 13.6 Å². The van der Waals surface area contributed by atoms with Crippen LogP contribution in [0.15, 0.2) is 59.3 Å². The monoisotopic (exact) mass is 371 g/mol. The minimum atomic E-state index is -0.0787. The summed E-state index contributed by atoms with van der Waals surface area (Å²) in [7, 11) is 2.07. The average molecular weight is 372 g/mol. The highest BCUT2D eigenvalue weighted by atomic mass is 32.1. The Morgan fingerprint density at radius 2 is 1.88 bits per heavy atom. The fourth-order valence-electron chi connectivity index (χ4n) is 2.83. The predicted molar refractivity (Wildman–Crippen MR) is 105 cm³/mol. The van der Waals surface area contributed by atoms with Crippen molar-refractivity contribution in [2.24, 2.45) is 0 Å². The molecule has 3 rings (SSSR count). The highest BCUT2D eigenvalue weighted by molar-refractivity contribution is 7.10. The minimum Gasteiger partial charge on any atom is -0.339 e. The van der Waals surface area contributed by atoms with Crippen molar-refractivity contribution < 1.29 is 9.69 Å². The fourth-order valence-corrected chi connectivity index (χ4v) is 4.65. The van der Waals surface area contributed by atoms with Gasteiger partial charge in [-0.3, -0.25) is 4.79 Å². The maximum atomic E-state index is 12.6. The zero-order chi connectivity index (χ0) is 17.6. The van der Waals surface area contributed by atoms with E-state index < -0.39 is 0 Å². The van der Waals surface area contributed by atoms with Gasteiger partial charge in [0, 0.05) is 4.88 Å². The number of aryl methyl sites for hydroxylation is 1. The molecular formula is C20H23N2OS2+. The standard InChI is InChI=1S/C20H22N2OS2/c1-15-10-12-25-18(15)13-22(2)14-19(23)21-20(17-9-6-11-24-17)16-7-4-3-5-8-16/h3-12,20H,13-14H2,1-2H3,(H,21,23)/p+1/t20-/m1/s1. The van der Waals surface area contributed by atoms with E-state index in [1.54, 1.807) is 22.7 Å². The van der Waals surface area contributed by atoms with Gasteiger partial charge in [-0.25, -0.2) is 0 Å². The van der Waals surface area contributed by atoms with Crippen LogP contribution in [0, 0.1) is 6.92 Å². The van der Waals surface area contributed by atoms with Gasteiger partial charge in [-0.2, -0.15) is 0 Å². The normalized spacial score (nSPS) is 13.4. The second-order valence-electron chi connectivity index (χ2n) is 6.26. The summed E-state index contributed by atoms with van der Waals surface area (Å²) >= 11 is 3.44. The summed E-state index contributed by atoms with van der Waals surface area (Å²) in [5.41, 5.74) is 2.43. The second kappa shape index (κ2) is 8.43. The van der Waals surface area contributed by atoms with Gasteiger partial charge in [0.25, 0.3) is 5.91 Å². The molecule has 0 radical (unpaired) electrons. The number of hydrogen-bond donors (Lipinski definition) is 2. The van der Waals surface area contributed by atoms with Crippen LogP contribution >= 0.6 is 22.7 Å². The van der Waals surface area contributed by atoms with E-state index in [0.29, 0.717) is 6.54 Å². The number of quaternary nitrogens is 1. The molecule has 25 heavy (non-hydrogen) atoms. The van der Waals surface area contributed by atoms with Crippen LogP contribution in [0.1, 0.15) is 26.9 Å². The Labute approximate surface area is 156 Å². The van der Waals surface area contributed by atoms with Crippen LogP contribution in [-0.2, 0) is 11.3 Å². The van der Waals surface area contributed by atoms with Crippen molar-refractivity contribution in [1.82, 2.24) is 5.32 Å².